The Kier molecular flexibility index (Phi) is 7.42. The summed E-state index contributed by atoms with van der Waals surface area (Å²) in [7, 11) is 0. The summed E-state index contributed by atoms with van der Waals surface area (Å²) >= 11 is 0. The number of carbonyl (C=O) groups excluding carboxylic acids is 2. The second-order valence-corrected chi connectivity index (χ2v) is 7.58. The van der Waals surface area contributed by atoms with Gasteiger partial charge in [0.1, 0.15) is 0 Å². The number of amides is 2. The van der Waals surface area contributed by atoms with Crippen molar-refractivity contribution < 1.29 is 14.7 Å². The third-order valence-electron chi connectivity index (χ3n) is 3.69. The van der Waals surface area contributed by atoms with E-state index in [-0.39, 0.29) is 42.3 Å². The van der Waals surface area contributed by atoms with Crippen molar-refractivity contribution in [2.24, 2.45) is 5.41 Å². The summed E-state index contributed by atoms with van der Waals surface area (Å²) in [6.45, 7) is 9.52. The Hall–Kier alpha value is -1.88. The maximum atomic E-state index is 12.4. The molecule has 0 bridgehead atoms. The molecular weight excluding hydrogens is 304 g/mol. The van der Waals surface area contributed by atoms with Crippen molar-refractivity contribution in [3.8, 4) is 0 Å². The van der Waals surface area contributed by atoms with Gasteiger partial charge in [0.25, 0.3) is 0 Å². The SMILES string of the molecule is CC(=O)NC(CC(=O)NC(CO)CC(C)(C)C)c1ccc(C)cc1. The fourth-order valence-electron chi connectivity index (χ4n) is 2.67. The number of hydrogen-bond acceptors (Lipinski definition) is 3. The van der Waals surface area contributed by atoms with Crippen LogP contribution in [-0.2, 0) is 9.59 Å². The van der Waals surface area contributed by atoms with Crippen molar-refractivity contribution in [3.63, 3.8) is 0 Å². The fourth-order valence-corrected chi connectivity index (χ4v) is 2.67. The molecule has 1 aromatic carbocycles. The van der Waals surface area contributed by atoms with Gasteiger partial charge in [0, 0.05) is 6.92 Å². The standard InChI is InChI=1S/C19H30N2O3/c1-13-6-8-15(9-7-13)17(20-14(2)23)10-18(24)21-16(12-22)11-19(3,4)5/h6-9,16-17,22H,10-12H2,1-5H3,(H,20,23)(H,21,24). The quantitative estimate of drug-likeness (QED) is 0.717. The van der Waals surface area contributed by atoms with Crippen molar-refractivity contribution in [2.45, 2.75) is 59.5 Å². The number of aliphatic hydroxyl groups excluding tert-OH is 1. The first-order chi connectivity index (χ1) is 11.1. The number of carbonyl (C=O) groups is 2. The van der Waals surface area contributed by atoms with Crippen LogP contribution in [0, 0.1) is 12.3 Å². The molecule has 1 aromatic rings. The Bertz CT molecular complexity index is 547. The second kappa shape index (κ2) is 8.83. The first kappa shape index (κ1) is 20.2. The highest BCUT2D eigenvalue weighted by Crippen LogP contribution is 2.21. The van der Waals surface area contributed by atoms with E-state index in [0.717, 1.165) is 11.1 Å². The average molecular weight is 334 g/mol. The lowest BCUT2D eigenvalue weighted by atomic mass is 9.88. The van der Waals surface area contributed by atoms with Crippen LogP contribution in [-0.4, -0.2) is 29.6 Å². The zero-order chi connectivity index (χ0) is 18.3. The predicted octanol–water partition coefficient (Wildman–Crippen LogP) is 2.48. The van der Waals surface area contributed by atoms with Gasteiger partial charge in [-0.3, -0.25) is 9.59 Å². The van der Waals surface area contributed by atoms with Gasteiger partial charge in [0.05, 0.1) is 25.1 Å². The zero-order valence-corrected chi connectivity index (χ0v) is 15.3. The van der Waals surface area contributed by atoms with Gasteiger partial charge >= 0.3 is 0 Å². The lowest BCUT2D eigenvalue weighted by Gasteiger charge is -2.26. The lowest BCUT2D eigenvalue weighted by Crippen LogP contribution is -2.41. The summed E-state index contributed by atoms with van der Waals surface area (Å²) in [6, 6.07) is 7.09. The molecule has 0 radical (unpaired) electrons. The molecule has 5 nitrogen and oxygen atoms in total. The molecule has 0 aliphatic heterocycles. The van der Waals surface area contributed by atoms with E-state index in [1.807, 2.05) is 31.2 Å². The summed E-state index contributed by atoms with van der Waals surface area (Å²) in [6.07, 6.45) is 0.827. The molecule has 0 aromatic heterocycles. The Balaban J connectivity index is 2.76. The molecule has 24 heavy (non-hydrogen) atoms. The van der Waals surface area contributed by atoms with Crippen LogP contribution in [0.2, 0.25) is 0 Å². The van der Waals surface area contributed by atoms with Crippen molar-refractivity contribution >= 4 is 11.8 Å². The fraction of sp³-hybridized carbons (Fsp3) is 0.579. The molecule has 2 atom stereocenters. The Labute approximate surface area is 144 Å². The van der Waals surface area contributed by atoms with E-state index >= 15 is 0 Å². The number of hydrogen-bond donors (Lipinski definition) is 3. The molecule has 2 unspecified atom stereocenters. The Morgan fingerprint density at radius 3 is 2.17 bits per heavy atom. The van der Waals surface area contributed by atoms with Crippen molar-refractivity contribution in [1.29, 1.82) is 0 Å². The number of rotatable bonds is 7. The molecule has 0 saturated heterocycles. The first-order valence-corrected chi connectivity index (χ1v) is 8.34. The van der Waals surface area contributed by atoms with E-state index in [0.29, 0.717) is 6.42 Å². The summed E-state index contributed by atoms with van der Waals surface area (Å²) in [5.74, 6) is -0.362. The van der Waals surface area contributed by atoms with Gasteiger partial charge in [-0.1, -0.05) is 50.6 Å². The second-order valence-electron chi connectivity index (χ2n) is 7.58. The van der Waals surface area contributed by atoms with Crippen LogP contribution < -0.4 is 10.6 Å². The highest BCUT2D eigenvalue weighted by molar-refractivity contribution is 5.79. The maximum absolute atomic E-state index is 12.4. The van der Waals surface area contributed by atoms with Crippen molar-refractivity contribution in [1.82, 2.24) is 10.6 Å². The molecule has 0 spiro atoms. The lowest BCUT2D eigenvalue weighted by molar-refractivity contribution is -0.123. The van der Waals surface area contributed by atoms with Gasteiger partial charge < -0.3 is 15.7 Å². The largest absolute Gasteiger partial charge is 0.394 e. The minimum absolute atomic E-state index is 0.00860. The van der Waals surface area contributed by atoms with Gasteiger partial charge in [-0.25, -0.2) is 0 Å². The van der Waals surface area contributed by atoms with E-state index in [4.69, 9.17) is 0 Å². The molecule has 5 heteroatoms. The predicted molar refractivity (Wildman–Crippen MR) is 95.4 cm³/mol. The number of aliphatic hydroxyl groups is 1. The van der Waals surface area contributed by atoms with Crippen LogP contribution in [0.15, 0.2) is 24.3 Å². The number of nitrogens with one attached hydrogen (secondary N) is 2. The molecule has 0 saturated carbocycles. The molecule has 0 fully saturated rings. The zero-order valence-electron chi connectivity index (χ0n) is 15.3. The molecule has 0 aliphatic rings. The Morgan fingerprint density at radius 1 is 1.12 bits per heavy atom. The number of benzene rings is 1. The van der Waals surface area contributed by atoms with E-state index in [9.17, 15) is 14.7 Å². The van der Waals surface area contributed by atoms with Gasteiger partial charge in [-0.05, 0) is 24.3 Å². The topological polar surface area (TPSA) is 78.4 Å². The summed E-state index contributed by atoms with van der Waals surface area (Å²) in [5.41, 5.74) is 2.02. The van der Waals surface area contributed by atoms with Crippen LogP contribution in [0.1, 0.15) is 57.7 Å². The highest BCUT2D eigenvalue weighted by atomic mass is 16.3. The van der Waals surface area contributed by atoms with E-state index in [2.05, 4.69) is 31.4 Å². The molecule has 1 rings (SSSR count). The average Bonchev–Trinajstić information content (AvgIpc) is 2.44. The highest BCUT2D eigenvalue weighted by Gasteiger charge is 2.22. The molecule has 0 heterocycles. The minimum atomic E-state index is -0.378. The maximum Gasteiger partial charge on any atom is 0.222 e. The summed E-state index contributed by atoms with van der Waals surface area (Å²) in [4.78, 5) is 23.8. The van der Waals surface area contributed by atoms with E-state index < -0.39 is 0 Å². The molecule has 2 amide bonds. The van der Waals surface area contributed by atoms with Crippen LogP contribution >= 0.6 is 0 Å². The summed E-state index contributed by atoms with van der Waals surface area (Å²) in [5, 5.41) is 15.2. The van der Waals surface area contributed by atoms with Crippen LogP contribution in [0.3, 0.4) is 0 Å². The van der Waals surface area contributed by atoms with Crippen LogP contribution in [0.4, 0.5) is 0 Å². The summed E-state index contributed by atoms with van der Waals surface area (Å²) < 4.78 is 0. The Morgan fingerprint density at radius 2 is 1.71 bits per heavy atom. The van der Waals surface area contributed by atoms with Crippen LogP contribution in [0.5, 0.6) is 0 Å². The molecular formula is C19H30N2O3. The monoisotopic (exact) mass is 334 g/mol. The third-order valence-corrected chi connectivity index (χ3v) is 3.69. The van der Waals surface area contributed by atoms with E-state index in [1.165, 1.54) is 6.92 Å². The van der Waals surface area contributed by atoms with E-state index in [1.54, 1.807) is 0 Å². The van der Waals surface area contributed by atoms with Gasteiger partial charge in [0.15, 0.2) is 0 Å². The normalized spacial score (nSPS) is 13.9. The minimum Gasteiger partial charge on any atom is -0.394 e. The van der Waals surface area contributed by atoms with Crippen molar-refractivity contribution in [2.75, 3.05) is 6.61 Å². The van der Waals surface area contributed by atoms with Crippen LogP contribution in [0.25, 0.3) is 0 Å². The first-order valence-electron chi connectivity index (χ1n) is 8.34. The van der Waals surface area contributed by atoms with Gasteiger partial charge in [-0.15, -0.1) is 0 Å². The van der Waals surface area contributed by atoms with Crippen molar-refractivity contribution in [3.05, 3.63) is 35.4 Å². The van der Waals surface area contributed by atoms with Gasteiger partial charge in [-0.2, -0.15) is 0 Å². The molecule has 0 aliphatic carbocycles. The van der Waals surface area contributed by atoms with Gasteiger partial charge in [0.2, 0.25) is 11.8 Å². The molecule has 3 N–H and O–H groups in total. The number of aryl methyl sites for hydroxylation is 1. The molecule has 134 valence electrons. The smallest absolute Gasteiger partial charge is 0.222 e. The third kappa shape index (κ3) is 7.59.